The second-order valence-corrected chi connectivity index (χ2v) is 4.56. The molecular formula is C12H9BrClNO. The summed E-state index contributed by atoms with van der Waals surface area (Å²) >= 11 is 9.31. The molecule has 0 aliphatic heterocycles. The third-order valence-corrected chi connectivity index (χ3v) is 3.10. The van der Waals surface area contributed by atoms with Crippen LogP contribution in [0.25, 0.3) is 0 Å². The molecule has 4 heteroatoms. The number of benzene rings is 1. The average Bonchev–Trinajstić information content (AvgIpc) is 2.27. The fourth-order valence-corrected chi connectivity index (χ4v) is 1.69. The summed E-state index contributed by atoms with van der Waals surface area (Å²) in [6, 6.07) is 9.22. The van der Waals surface area contributed by atoms with E-state index >= 15 is 0 Å². The van der Waals surface area contributed by atoms with Crippen LogP contribution in [-0.4, -0.2) is 4.98 Å². The van der Waals surface area contributed by atoms with Crippen LogP contribution in [0.3, 0.4) is 0 Å². The molecule has 82 valence electrons. The Balaban J connectivity index is 2.28. The summed E-state index contributed by atoms with van der Waals surface area (Å²) in [7, 11) is 0. The van der Waals surface area contributed by atoms with Gasteiger partial charge in [0.15, 0.2) is 0 Å². The molecule has 2 aromatic rings. The molecule has 0 radical (unpaired) electrons. The number of nitrogens with zero attached hydrogens (tertiary/aromatic N) is 1. The Hall–Kier alpha value is -1.06. The van der Waals surface area contributed by atoms with Gasteiger partial charge in [0, 0.05) is 11.2 Å². The van der Waals surface area contributed by atoms with E-state index < -0.39 is 0 Å². The Bertz CT molecular complexity index is 516. The average molecular weight is 299 g/mol. The van der Waals surface area contributed by atoms with E-state index in [1.807, 2.05) is 37.3 Å². The lowest BCUT2D eigenvalue weighted by Gasteiger charge is -2.07. The standard InChI is InChI=1S/C12H9BrClNO/c1-8-7-9(4-5-11(8)14)16-12-10(13)3-2-6-15-12/h2-7H,1H3. The molecule has 1 heterocycles. The van der Waals surface area contributed by atoms with Gasteiger partial charge in [0.05, 0.1) is 4.47 Å². The largest absolute Gasteiger partial charge is 0.438 e. The van der Waals surface area contributed by atoms with Crippen molar-refractivity contribution in [2.24, 2.45) is 0 Å². The van der Waals surface area contributed by atoms with E-state index in [-0.39, 0.29) is 0 Å². The molecule has 0 fully saturated rings. The van der Waals surface area contributed by atoms with Crippen molar-refractivity contribution in [3.8, 4) is 11.6 Å². The molecule has 0 unspecified atom stereocenters. The van der Waals surface area contributed by atoms with Crippen LogP contribution >= 0.6 is 27.5 Å². The molecule has 0 atom stereocenters. The van der Waals surface area contributed by atoms with E-state index in [1.165, 1.54) is 0 Å². The summed E-state index contributed by atoms with van der Waals surface area (Å²) < 4.78 is 6.45. The highest BCUT2D eigenvalue weighted by Gasteiger charge is 2.04. The quantitative estimate of drug-likeness (QED) is 0.808. The molecule has 0 N–H and O–H groups in total. The summed E-state index contributed by atoms with van der Waals surface area (Å²) in [6.07, 6.45) is 1.68. The topological polar surface area (TPSA) is 22.1 Å². The van der Waals surface area contributed by atoms with Gasteiger partial charge in [-0.2, -0.15) is 0 Å². The van der Waals surface area contributed by atoms with Crippen LogP contribution in [-0.2, 0) is 0 Å². The van der Waals surface area contributed by atoms with Gasteiger partial charge >= 0.3 is 0 Å². The van der Waals surface area contributed by atoms with Gasteiger partial charge in [0.2, 0.25) is 5.88 Å². The van der Waals surface area contributed by atoms with Crippen molar-refractivity contribution in [1.82, 2.24) is 4.98 Å². The van der Waals surface area contributed by atoms with E-state index in [4.69, 9.17) is 16.3 Å². The molecule has 1 aromatic heterocycles. The maximum atomic E-state index is 5.93. The molecule has 2 nitrogen and oxygen atoms in total. The highest BCUT2D eigenvalue weighted by Crippen LogP contribution is 2.28. The number of hydrogen-bond donors (Lipinski definition) is 0. The van der Waals surface area contributed by atoms with Crippen molar-refractivity contribution < 1.29 is 4.74 Å². The Morgan fingerprint density at radius 3 is 2.81 bits per heavy atom. The maximum Gasteiger partial charge on any atom is 0.233 e. The molecular weight excluding hydrogens is 289 g/mol. The monoisotopic (exact) mass is 297 g/mol. The van der Waals surface area contributed by atoms with E-state index in [1.54, 1.807) is 6.20 Å². The SMILES string of the molecule is Cc1cc(Oc2ncccc2Br)ccc1Cl. The fraction of sp³-hybridized carbons (Fsp3) is 0.0833. The van der Waals surface area contributed by atoms with Gasteiger partial charge in [-0.3, -0.25) is 0 Å². The molecule has 0 bridgehead atoms. The van der Waals surface area contributed by atoms with Crippen LogP contribution in [0, 0.1) is 6.92 Å². The Morgan fingerprint density at radius 2 is 2.12 bits per heavy atom. The third kappa shape index (κ3) is 2.54. The number of aromatic nitrogens is 1. The van der Waals surface area contributed by atoms with Gasteiger partial charge in [0.1, 0.15) is 5.75 Å². The van der Waals surface area contributed by atoms with Crippen LogP contribution in [0.4, 0.5) is 0 Å². The molecule has 16 heavy (non-hydrogen) atoms. The van der Waals surface area contributed by atoms with E-state index in [0.717, 1.165) is 20.8 Å². The van der Waals surface area contributed by atoms with E-state index in [0.29, 0.717) is 5.88 Å². The van der Waals surface area contributed by atoms with Crippen molar-refractivity contribution in [1.29, 1.82) is 0 Å². The summed E-state index contributed by atoms with van der Waals surface area (Å²) in [4.78, 5) is 4.12. The first-order valence-electron chi connectivity index (χ1n) is 4.71. The van der Waals surface area contributed by atoms with Gasteiger partial charge in [-0.1, -0.05) is 11.6 Å². The van der Waals surface area contributed by atoms with Gasteiger partial charge in [-0.25, -0.2) is 4.98 Å². The van der Waals surface area contributed by atoms with Crippen LogP contribution in [0.15, 0.2) is 41.0 Å². The van der Waals surface area contributed by atoms with Crippen LogP contribution in [0.1, 0.15) is 5.56 Å². The first kappa shape index (κ1) is 11.4. The van der Waals surface area contributed by atoms with Crippen molar-refractivity contribution in [3.63, 3.8) is 0 Å². The normalized spacial score (nSPS) is 10.2. The summed E-state index contributed by atoms with van der Waals surface area (Å²) in [5.74, 6) is 1.27. The van der Waals surface area contributed by atoms with Crippen molar-refractivity contribution >= 4 is 27.5 Å². The van der Waals surface area contributed by atoms with Crippen LogP contribution in [0.2, 0.25) is 5.02 Å². The molecule has 0 saturated carbocycles. The van der Waals surface area contributed by atoms with Crippen LogP contribution in [0.5, 0.6) is 11.6 Å². The summed E-state index contributed by atoms with van der Waals surface area (Å²) in [5, 5.41) is 0.729. The summed E-state index contributed by atoms with van der Waals surface area (Å²) in [5.41, 5.74) is 0.978. The zero-order valence-corrected chi connectivity index (χ0v) is 10.9. The lowest BCUT2D eigenvalue weighted by molar-refractivity contribution is 0.459. The van der Waals surface area contributed by atoms with Crippen molar-refractivity contribution in [2.45, 2.75) is 6.92 Å². The number of rotatable bonds is 2. The highest BCUT2D eigenvalue weighted by atomic mass is 79.9. The molecule has 0 amide bonds. The summed E-state index contributed by atoms with van der Waals surface area (Å²) in [6.45, 7) is 1.93. The number of aryl methyl sites for hydroxylation is 1. The Morgan fingerprint density at radius 1 is 1.31 bits per heavy atom. The smallest absolute Gasteiger partial charge is 0.233 e. The molecule has 0 aliphatic carbocycles. The van der Waals surface area contributed by atoms with E-state index in [9.17, 15) is 0 Å². The molecule has 0 spiro atoms. The van der Waals surface area contributed by atoms with Crippen molar-refractivity contribution in [2.75, 3.05) is 0 Å². The van der Waals surface area contributed by atoms with E-state index in [2.05, 4.69) is 20.9 Å². The predicted octanol–water partition coefficient (Wildman–Crippen LogP) is 4.60. The van der Waals surface area contributed by atoms with Gasteiger partial charge in [-0.15, -0.1) is 0 Å². The number of hydrogen-bond acceptors (Lipinski definition) is 2. The zero-order valence-electron chi connectivity index (χ0n) is 8.58. The fourth-order valence-electron chi connectivity index (χ4n) is 1.24. The maximum absolute atomic E-state index is 5.93. The van der Waals surface area contributed by atoms with Crippen molar-refractivity contribution in [3.05, 3.63) is 51.6 Å². The third-order valence-electron chi connectivity index (χ3n) is 2.07. The lowest BCUT2D eigenvalue weighted by Crippen LogP contribution is -1.89. The second kappa shape index (κ2) is 4.85. The van der Waals surface area contributed by atoms with Gasteiger partial charge in [-0.05, 0) is 58.7 Å². The lowest BCUT2D eigenvalue weighted by atomic mass is 10.2. The minimum atomic E-state index is 0.546. The minimum Gasteiger partial charge on any atom is -0.438 e. The highest BCUT2D eigenvalue weighted by molar-refractivity contribution is 9.10. The van der Waals surface area contributed by atoms with Gasteiger partial charge in [0.25, 0.3) is 0 Å². The number of halogens is 2. The Labute approximate surface area is 107 Å². The van der Waals surface area contributed by atoms with Crippen LogP contribution < -0.4 is 4.74 Å². The molecule has 0 aliphatic rings. The van der Waals surface area contributed by atoms with Gasteiger partial charge < -0.3 is 4.74 Å². The minimum absolute atomic E-state index is 0.546. The number of ether oxygens (including phenoxy) is 1. The first-order valence-corrected chi connectivity index (χ1v) is 5.88. The number of pyridine rings is 1. The predicted molar refractivity (Wildman–Crippen MR) is 68.2 cm³/mol. The molecule has 0 saturated heterocycles. The first-order chi connectivity index (χ1) is 7.66. The molecule has 1 aromatic carbocycles. The zero-order chi connectivity index (χ0) is 11.5. The molecule has 2 rings (SSSR count). The Kier molecular flexibility index (Phi) is 3.46. The second-order valence-electron chi connectivity index (χ2n) is 3.30.